The van der Waals surface area contributed by atoms with E-state index < -0.39 is 0 Å². The zero-order valence-electron chi connectivity index (χ0n) is 12.2. The van der Waals surface area contributed by atoms with E-state index in [1.54, 1.807) is 18.2 Å². The van der Waals surface area contributed by atoms with E-state index >= 15 is 0 Å². The van der Waals surface area contributed by atoms with Crippen LogP contribution >= 0.6 is 0 Å². The third kappa shape index (κ3) is 2.64. The number of aromatic hydroxyl groups is 1. The maximum absolute atomic E-state index is 12.8. The minimum Gasteiger partial charge on any atom is -0.508 e. The molecule has 3 nitrogen and oxygen atoms in total. The molecule has 0 aromatic heterocycles. The smallest absolute Gasteiger partial charge is 0.258 e. The number of phenolic OH excluding ortho intramolecular Hbond substituents is 1. The molecule has 0 saturated heterocycles. The maximum Gasteiger partial charge on any atom is 0.258 e. The zero-order valence-corrected chi connectivity index (χ0v) is 12.2. The first-order chi connectivity index (χ1) is 10.2. The average Bonchev–Trinajstić information content (AvgIpc) is 2.71. The summed E-state index contributed by atoms with van der Waals surface area (Å²) in [5, 5.41) is 9.83. The Hall–Kier alpha value is -2.29. The maximum atomic E-state index is 12.8. The van der Waals surface area contributed by atoms with Crippen molar-refractivity contribution < 1.29 is 9.90 Å². The van der Waals surface area contributed by atoms with Crippen molar-refractivity contribution in [3.8, 4) is 5.75 Å². The number of aryl methyl sites for hydroxylation is 2. The van der Waals surface area contributed by atoms with E-state index in [0.717, 1.165) is 37.1 Å². The van der Waals surface area contributed by atoms with Crippen molar-refractivity contribution in [1.82, 2.24) is 0 Å². The molecule has 0 fully saturated rings. The summed E-state index contributed by atoms with van der Waals surface area (Å²) in [6.07, 6.45) is 3.11. The molecule has 1 aliphatic heterocycles. The third-order valence-electron chi connectivity index (χ3n) is 4.06. The monoisotopic (exact) mass is 281 g/mol. The summed E-state index contributed by atoms with van der Waals surface area (Å²) in [6, 6.07) is 13.2. The lowest BCUT2D eigenvalue weighted by molar-refractivity contribution is 0.0986. The predicted octanol–water partition coefficient (Wildman–Crippen LogP) is 3.68. The Bertz CT molecular complexity index is 679. The summed E-state index contributed by atoms with van der Waals surface area (Å²) in [6.45, 7) is 2.55. The minimum atomic E-state index is -0.0420. The Morgan fingerprint density at radius 3 is 2.76 bits per heavy atom. The van der Waals surface area contributed by atoms with Crippen LogP contribution in [-0.2, 0) is 6.42 Å². The molecule has 2 aromatic carbocycles. The van der Waals surface area contributed by atoms with Crippen LogP contribution in [0.3, 0.4) is 0 Å². The fourth-order valence-electron chi connectivity index (χ4n) is 2.80. The molecule has 21 heavy (non-hydrogen) atoms. The second-order valence-corrected chi connectivity index (χ2v) is 5.54. The predicted molar refractivity (Wildman–Crippen MR) is 83.9 cm³/mol. The summed E-state index contributed by atoms with van der Waals surface area (Å²) >= 11 is 0. The Morgan fingerprint density at radius 2 is 1.95 bits per heavy atom. The van der Waals surface area contributed by atoms with Crippen molar-refractivity contribution in [3.05, 3.63) is 59.2 Å². The van der Waals surface area contributed by atoms with Gasteiger partial charge in [-0.15, -0.1) is 0 Å². The van der Waals surface area contributed by atoms with E-state index in [1.165, 1.54) is 5.56 Å². The molecule has 0 saturated carbocycles. The van der Waals surface area contributed by atoms with Crippen molar-refractivity contribution >= 4 is 11.6 Å². The molecule has 1 amide bonds. The van der Waals surface area contributed by atoms with E-state index in [0.29, 0.717) is 5.56 Å². The highest BCUT2D eigenvalue weighted by Gasteiger charge is 2.22. The second-order valence-electron chi connectivity index (χ2n) is 5.54. The van der Waals surface area contributed by atoms with Gasteiger partial charge < -0.3 is 10.0 Å². The van der Waals surface area contributed by atoms with Crippen LogP contribution in [0.2, 0.25) is 0 Å². The molecule has 1 N–H and O–H groups in total. The lowest BCUT2D eigenvalue weighted by Crippen LogP contribution is -2.31. The first-order valence-electron chi connectivity index (χ1n) is 7.36. The van der Waals surface area contributed by atoms with Gasteiger partial charge in [0.1, 0.15) is 5.75 Å². The fraction of sp³-hybridized carbons (Fsp3) is 0.278. The lowest BCUT2D eigenvalue weighted by atomic mass is 10.1. The minimum absolute atomic E-state index is 0.0420. The molecule has 3 heteroatoms. The highest BCUT2D eigenvalue weighted by atomic mass is 16.3. The molecule has 0 radical (unpaired) electrons. The van der Waals surface area contributed by atoms with E-state index in [-0.39, 0.29) is 11.7 Å². The van der Waals surface area contributed by atoms with Crippen LogP contribution in [0.5, 0.6) is 5.75 Å². The number of nitrogens with zero attached hydrogens (tertiary/aromatic N) is 1. The molecule has 1 aliphatic rings. The van der Waals surface area contributed by atoms with Gasteiger partial charge in [-0.1, -0.05) is 24.3 Å². The van der Waals surface area contributed by atoms with E-state index in [4.69, 9.17) is 0 Å². The number of amides is 1. The number of phenols is 1. The van der Waals surface area contributed by atoms with Gasteiger partial charge >= 0.3 is 0 Å². The molecule has 0 atom stereocenters. The lowest BCUT2D eigenvalue weighted by Gasteiger charge is -2.23. The van der Waals surface area contributed by atoms with Crippen LogP contribution in [0.25, 0.3) is 0 Å². The first kappa shape index (κ1) is 13.7. The van der Waals surface area contributed by atoms with Crippen LogP contribution in [0, 0.1) is 6.92 Å². The number of anilines is 1. The number of rotatable bonds is 1. The fourth-order valence-corrected chi connectivity index (χ4v) is 2.80. The molecule has 108 valence electrons. The normalized spacial score (nSPS) is 14.4. The molecule has 2 aromatic rings. The number of fused-ring (bicyclic) bond motifs is 1. The molecule has 3 rings (SSSR count). The summed E-state index contributed by atoms with van der Waals surface area (Å²) in [5.41, 5.74) is 3.54. The van der Waals surface area contributed by atoms with Gasteiger partial charge in [0.2, 0.25) is 0 Å². The van der Waals surface area contributed by atoms with Gasteiger partial charge in [-0.2, -0.15) is 0 Å². The number of benzene rings is 2. The van der Waals surface area contributed by atoms with Gasteiger partial charge in [-0.25, -0.2) is 0 Å². The Kier molecular flexibility index (Phi) is 3.65. The van der Waals surface area contributed by atoms with E-state index in [2.05, 4.69) is 6.07 Å². The van der Waals surface area contributed by atoms with Gasteiger partial charge in [0.15, 0.2) is 0 Å². The molecular formula is C18H19NO2. The van der Waals surface area contributed by atoms with Gasteiger partial charge in [-0.05, 0) is 55.5 Å². The molecule has 0 unspecified atom stereocenters. The molecular weight excluding hydrogens is 262 g/mol. The zero-order chi connectivity index (χ0) is 14.8. The van der Waals surface area contributed by atoms with Gasteiger partial charge in [-0.3, -0.25) is 4.79 Å². The number of hydrogen-bond acceptors (Lipinski definition) is 2. The summed E-state index contributed by atoms with van der Waals surface area (Å²) < 4.78 is 0. The van der Waals surface area contributed by atoms with Crippen LogP contribution in [0.1, 0.15) is 34.3 Å². The van der Waals surface area contributed by atoms with Crippen LogP contribution in [0.15, 0.2) is 42.5 Å². The summed E-state index contributed by atoms with van der Waals surface area (Å²) in [7, 11) is 0. The molecule has 0 bridgehead atoms. The van der Waals surface area contributed by atoms with Crippen LogP contribution < -0.4 is 4.90 Å². The largest absolute Gasteiger partial charge is 0.508 e. The quantitative estimate of drug-likeness (QED) is 0.866. The molecule has 1 heterocycles. The first-order valence-corrected chi connectivity index (χ1v) is 7.36. The second kappa shape index (κ2) is 5.60. The Labute approximate surface area is 124 Å². The SMILES string of the molecule is Cc1ccc(C(=O)N2CCCCc3ccccc32)cc1O. The van der Waals surface area contributed by atoms with Gasteiger partial charge in [0.05, 0.1) is 0 Å². The van der Waals surface area contributed by atoms with Crippen LogP contribution in [-0.4, -0.2) is 17.6 Å². The molecule has 0 aliphatic carbocycles. The average molecular weight is 281 g/mol. The molecule has 0 spiro atoms. The third-order valence-corrected chi connectivity index (χ3v) is 4.06. The van der Waals surface area contributed by atoms with E-state index in [9.17, 15) is 9.90 Å². The number of carbonyl (C=O) groups is 1. The standard InChI is InChI=1S/C18H19NO2/c1-13-9-10-15(12-17(13)20)18(21)19-11-5-4-7-14-6-2-3-8-16(14)19/h2-3,6,8-10,12,20H,4-5,7,11H2,1H3. The number of carbonyl (C=O) groups excluding carboxylic acids is 1. The number of hydrogen-bond donors (Lipinski definition) is 1. The van der Waals surface area contributed by atoms with Crippen LogP contribution in [0.4, 0.5) is 5.69 Å². The van der Waals surface area contributed by atoms with Crippen molar-refractivity contribution in [3.63, 3.8) is 0 Å². The summed E-state index contributed by atoms with van der Waals surface area (Å²) in [5.74, 6) is 0.128. The summed E-state index contributed by atoms with van der Waals surface area (Å²) in [4.78, 5) is 14.6. The number of para-hydroxylation sites is 1. The van der Waals surface area contributed by atoms with Gasteiger partial charge in [0.25, 0.3) is 5.91 Å². The van der Waals surface area contributed by atoms with Crippen molar-refractivity contribution in [2.75, 3.05) is 11.4 Å². The van der Waals surface area contributed by atoms with Crippen molar-refractivity contribution in [1.29, 1.82) is 0 Å². The topological polar surface area (TPSA) is 40.5 Å². The van der Waals surface area contributed by atoms with Crippen molar-refractivity contribution in [2.45, 2.75) is 26.2 Å². The van der Waals surface area contributed by atoms with Crippen molar-refractivity contribution in [2.24, 2.45) is 0 Å². The van der Waals surface area contributed by atoms with E-state index in [1.807, 2.05) is 30.0 Å². The highest BCUT2D eigenvalue weighted by molar-refractivity contribution is 6.06. The Balaban J connectivity index is 1.99. The highest BCUT2D eigenvalue weighted by Crippen LogP contribution is 2.28. The van der Waals surface area contributed by atoms with Gasteiger partial charge in [0, 0.05) is 17.8 Å². The Morgan fingerprint density at radius 1 is 1.14 bits per heavy atom.